The molecule has 0 radical (unpaired) electrons. The quantitative estimate of drug-likeness (QED) is 0.410. The monoisotopic (exact) mass is 506 g/mol. The fraction of sp³-hybridized carbons (Fsp3) is 0.208. The molecule has 0 atom stereocenters. The number of para-hydroxylation sites is 1. The van der Waals surface area contributed by atoms with Crippen LogP contribution in [-0.2, 0) is 16.6 Å². The zero-order valence-corrected chi connectivity index (χ0v) is 20.5. The third kappa shape index (κ3) is 6.87. The number of halogens is 2. The molecule has 0 bridgehead atoms. The highest BCUT2D eigenvalue weighted by Crippen LogP contribution is 2.27. The Labute approximate surface area is 204 Å². The van der Waals surface area contributed by atoms with Crippen LogP contribution >= 0.6 is 23.2 Å². The number of nitrogens with one attached hydrogen (secondary N) is 1. The van der Waals surface area contributed by atoms with Crippen molar-refractivity contribution >= 4 is 44.8 Å². The first-order valence-electron chi connectivity index (χ1n) is 10.1. The van der Waals surface area contributed by atoms with Crippen LogP contribution in [0.3, 0.4) is 0 Å². The number of hydrogen-bond acceptors (Lipinski definition) is 4. The lowest BCUT2D eigenvalue weighted by Crippen LogP contribution is -2.30. The molecule has 0 heterocycles. The highest BCUT2D eigenvalue weighted by molar-refractivity contribution is 7.92. The van der Waals surface area contributed by atoms with E-state index in [9.17, 15) is 13.2 Å². The Morgan fingerprint density at radius 1 is 1.03 bits per heavy atom. The van der Waals surface area contributed by atoms with Crippen LogP contribution in [0, 0.1) is 6.92 Å². The summed E-state index contributed by atoms with van der Waals surface area (Å²) in [5.74, 6) is 0.307. The largest absolute Gasteiger partial charge is 0.490 e. The number of rotatable bonds is 9. The van der Waals surface area contributed by atoms with Crippen molar-refractivity contribution in [2.24, 2.45) is 0 Å². The molecule has 0 saturated heterocycles. The van der Waals surface area contributed by atoms with E-state index in [1.807, 2.05) is 19.1 Å². The molecule has 3 aromatic rings. The van der Waals surface area contributed by atoms with Crippen molar-refractivity contribution in [1.82, 2.24) is 5.32 Å². The topological polar surface area (TPSA) is 75.7 Å². The average molecular weight is 507 g/mol. The van der Waals surface area contributed by atoms with Crippen molar-refractivity contribution in [2.75, 3.05) is 23.7 Å². The Balaban J connectivity index is 1.61. The number of carbonyl (C=O) groups is 1. The molecule has 0 aliphatic carbocycles. The fourth-order valence-electron chi connectivity index (χ4n) is 3.20. The predicted octanol–water partition coefficient (Wildman–Crippen LogP) is 5.08. The lowest BCUT2D eigenvalue weighted by Gasteiger charge is -2.24. The Morgan fingerprint density at radius 3 is 2.36 bits per heavy atom. The van der Waals surface area contributed by atoms with E-state index in [4.69, 9.17) is 27.9 Å². The highest BCUT2D eigenvalue weighted by atomic mass is 35.5. The van der Waals surface area contributed by atoms with Crippen molar-refractivity contribution in [3.63, 3.8) is 0 Å². The molecule has 0 saturated carbocycles. The maximum Gasteiger partial charge on any atom is 0.251 e. The maximum atomic E-state index is 12.4. The number of carbonyl (C=O) groups excluding carboxylic acids is 1. The number of ether oxygens (including phenoxy) is 1. The third-order valence-corrected chi connectivity index (χ3v) is 6.53. The van der Waals surface area contributed by atoms with Gasteiger partial charge in [0.15, 0.2) is 0 Å². The summed E-state index contributed by atoms with van der Waals surface area (Å²) in [5, 5.41) is 3.84. The third-order valence-electron chi connectivity index (χ3n) is 4.85. The molecule has 0 unspecified atom stereocenters. The zero-order chi connectivity index (χ0) is 24.0. The van der Waals surface area contributed by atoms with Crippen LogP contribution in [0.1, 0.15) is 21.5 Å². The molecule has 0 aliphatic rings. The van der Waals surface area contributed by atoms with E-state index in [-0.39, 0.29) is 19.1 Å². The molecule has 33 heavy (non-hydrogen) atoms. The van der Waals surface area contributed by atoms with Crippen molar-refractivity contribution in [3.05, 3.63) is 93.5 Å². The Hall–Kier alpha value is -2.74. The minimum atomic E-state index is -3.53. The standard InChI is InChI=1S/C24H24Cl2N2O4S/c1-17-15-20(25)11-12-22(17)28(33(2,30)31)16-18-7-9-19(10-8-18)24(29)27-13-14-32-23-6-4-3-5-21(23)26/h3-12,15H,13-14,16H2,1-2H3,(H,27,29). The Morgan fingerprint density at radius 2 is 1.73 bits per heavy atom. The minimum Gasteiger partial charge on any atom is -0.490 e. The molecule has 1 amide bonds. The lowest BCUT2D eigenvalue weighted by atomic mass is 10.1. The van der Waals surface area contributed by atoms with E-state index in [0.717, 1.165) is 17.4 Å². The van der Waals surface area contributed by atoms with Crippen molar-refractivity contribution in [1.29, 1.82) is 0 Å². The Bertz CT molecular complexity index is 1230. The second kappa shape index (κ2) is 10.9. The van der Waals surface area contributed by atoms with E-state index >= 15 is 0 Å². The Kier molecular flexibility index (Phi) is 8.24. The zero-order valence-electron chi connectivity index (χ0n) is 18.2. The predicted molar refractivity (Wildman–Crippen MR) is 133 cm³/mol. The molecular weight excluding hydrogens is 483 g/mol. The second-order valence-corrected chi connectivity index (χ2v) is 10.2. The van der Waals surface area contributed by atoms with Gasteiger partial charge in [-0.05, 0) is 60.5 Å². The molecule has 0 aromatic heterocycles. The highest BCUT2D eigenvalue weighted by Gasteiger charge is 2.20. The molecule has 0 aliphatic heterocycles. The summed E-state index contributed by atoms with van der Waals surface area (Å²) in [6.45, 7) is 2.53. The smallest absolute Gasteiger partial charge is 0.251 e. The van der Waals surface area contributed by atoms with Crippen LogP contribution in [-0.4, -0.2) is 33.7 Å². The van der Waals surface area contributed by atoms with Gasteiger partial charge < -0.3 is 10.1 Å². The van der Waals surface area contributed by atoms with Gasteiger partial charge in [0.1, 0.15) is 12.4 Å². The molecule has 3 aromatic carbocycles. The maximum absolute atomic E-state index is 12.4. The van der Waals surface area contributed by atoms with Crippen LogP contribution in [0.25, 0.3) is 0 Å². The van der Waals surface area contributed by atoms with Crippen LogP contribution in [0.4, 0.5) is 5.69 Å². The first-order chi connectivity index (χ1) is 15.6. The molecule has 1 N–H and O–H groups in total. The van der Waals surface area contributed by atoms with Crippen LogP contribution in [0.2, 0.25) is 10.0 Å². The fourth-order valence-corrected chi connectivity index (χ4v) is 4.56. The number of anilines is 1. The molecule has 0 fully saturated rings. The van der Waals surface area contributed by atoms with Gasteiger partial charge in [-0.15, -0.1) is 0 Å². The van der Waals surface area contributed by atoms with E-state index in [1.54, 1.807) is 54.6 Å². The van der Waals surface area contributed by atoms with Crippen LogP contribution in [0.5, 0.6) is 5.75 Å². The number of amides is 1. The van der Waals surface area contributed by atoms with Gasteiger partial charge >= 0.3 is 0 Å². The van der Waals surface area contributed by atoms with Gasteiger partial charge in [0.05, 0.1) is 30.1 Å². The van der Waals surface area contributed by atoms with E-state index in [0.29, 0.717) is 33.6 Å². The summed E-state index contributed by atoms with van der Waals surface area (Å²) in [6, 6.07) is 19.0. The van der Waals surface area contributed by atoms with Gasteiger partial charge in [0, 0.05) is 10.6 Å². The van der Waals surface area contributed by atoms with Crippen molar-refractivity contribution in [2.45, 2.75) is 13.5 Å². The van der Waals surface area contributed by atoms with Crippen LogP contribution in [0.15, 0.2) is 66.7 Å². The van der Waals surface area contributed by atoms with Gasteiger partial charge in [-0.2, -0.15) is 0 Å². The van der Waals surface area contributed by atoms with Crippen molar-refractivity contribution < 1.29 is 17.9 Å². The first-order valence-corrected chi connectivity index (χ1v) is 12.7. The van der Waals surface area contributed by atoms with Gasteiger partial charge in [-0.1, -0.05) is 47.5 Å². The number of nitrogens with zero attached hydrogens (tertiary/aromatic N) is 1. The van der Waals surface area contributed by atoms with Crippen LogP contribution < -0.4 is 14.4 Å². The van der Waals surface area contributed by atoms with Gasteiger partial charge in [-0.25, -0.2) is 8.42 Å². The van der Waals surface area contributed by atoms with Gasteiger partial charge in [0.25, 0.3) is 5.91 Å². The molecule has 174 valence electrons. The summed E-state index contributed by atoms with van der Waals surface area (Å²) in [7, 11) is -3.53. The molecular formula is C24H24Cl2N2O4S. The summed E-state index contributed by atoms with van der Waals surface area (Å²) < 4.78 is 31.7. The summed E-state index contributed by atoms with van der Waals surface area (Å²) in [6.07, 6.45) is 1.16. The molecule has 0 spiro atoms. The number of aryl methyl sites for hydroxylation is 1. The van der Waals surface area contributed by atoms with E-state index < -0.39 is 10.0 Å². The molecule has 3 rings (SSSR count). The van der Waals surface area contributed by atoms with E-state index in [1.165, 1.54) is 4.31 Å². The normalized spacial score (nSPS) is 11.2. The summed E-state index contributed by atoms with van der Waals surface area (Å²) >= 11 is 12.0. The second-order valence-electron chi connectivity index (χ2n) is 7.43. The molecule has 6 nitrogen and oxygen atoms in total. The first kappa shape index (κ1) is 24.9. The van der Waals surface area contributed by atoms with Gasteiger partial charge in [-0.3, -0.25) is 9.10 Å². The summed E-state index contributed by atoms with van der Waals surface area (Å²) in [5.41, 5.74) is 2.52. The number of benzene rings is 3. The van der Waals surface area contributed by atoms with Crippen molar-refractivity contribution in [3.8, 4) is 5.75 Å². The average Bonchev–Trinajstić information content (AvgIpc) is 2.76. The summed E-state index contributed by atoms with van der Waals surface area (Å²) in [4.78, 5) is 12.4. The molecule has 9 heteroatoms. The number of sulfonamides is 1. The van der Waals surface area contributed by atoms with E-state index in [2.05, 4.69) is 5.32 Å². The minimum absolute atomic E-state index is 0.134. The lowest BCUT2D eigenvalue weighted by molar-refractivity contribution is 0.0947. The van der Waals surface area contributed by atoms with Gasteiger partial charge in [0.2, 0.25) is 10.0 Å². The SMILES string of the molecule is Cc1cc(Cl)ccc1N(Cc1ccc(C(=O)NCCOc2ccccc2Cl)cc1)S(C)(=O)=O. The number of hydrogen-bond donors (Lipinski definition) is 1.